The summed E-state index contributed by atoms with van der Waals surface area (Å²) in [5.41, 5.74) is 2.79. The first-order valence-corrected chi connectivity index (χ1v) is 8.50. The molecule has 7 nitrogen and oxygen atoms in total. The van der Waals surface area contributed by atoms with Crippen LogP contribution in [0.25, 0.3) is 11.1 Å². The average molecular weight is 354 g/mol. The van der Waals surface area contributed by atoms with Crippen LogP contribution in [0.3, 0.4) is 0 Å². The maximum absolute atomic E-state index is 12.4. The van der Waals surface area contributed by atoms with Crippen molar-refractivity contribution in [3.05, 3.63) is 42.7 Å². The molecule has 1 fully saturated rings. The number of ether oxygens (including phenoxy) is 2. The minimum atomic E-state index is -0.423. The van der Waals surface area contributed by atoms with Crippen LogP contribution < -0.4 is 19.5 Å². The second-order valence-electron chi connectivity index (χ2n) is 6.54. The molecule has 0 aliphatic carbocycles. The van der Waals surface area contributed by atoms with Gasteiger partial charge in [-0.1, -0.05) is 6.07 Å². The second kappa shape index (κ2) is 6.33. The van der Waals surface area contributed by atoms with E-state index in [0.717, 1.165) is 11.1 Å². The minimum Gasteiger partial charge on any atom is -0.489 e. The lowest BCUT2D eigenvalue weighted by molar-refractivity contribution is -0.671. The van der Waals surface area contributed by atoms with Crippen molar-refractivity contribution in [3.63, 3.8) is 0 Å². The summed E-state index contributed by atoms with van der Waals surface area (Å²) < 4.78 is 13.3. The van der Waals surface area contributed by atoms with Gasteiger partial charge in [0.15, 0.2) is 12.4 Å². The van der Waals surface area contributed by atoms with Crippen molar-refractivity contribution < 1.29 is 23.6 Å². The van der Waals surface area contributed by atoms with Crippen LogP contribution in [0.1, 0.15) is 6.92 Å². The van der Waals surface area contributed by atoms with E-state index in [1.807, 2.05) is 54.3 Å². The van der Waals surface area contributed by atoms with E-state index in [1.54, 1.807) is 4.90 Å². The highest BCUT2D eigenvalue weighted by Gasteiger charge is 2.46. The van der Waals surface area contributed by atoms with E-state index in [0.29, 0.717) is 18.0 Å². The first-order chi connectivity index (χ1) is 12.5. The quantitative estimate of drug-likeness (QED) is 0.846. The number of aromatic nitrogens is 1. The maximum Gasteiger partial charge on any atom is 0.415 e. The van der Waals surface area contributed by atoms with Gasteiger partial charge in [0.25, 0.3) is 0 Å². The summed E-state index contributed by atoms with van der Waals surface area (Å²) in [7, 11) is 1.97. The zero-order chi connectivity index (χ0) is 18.3. The van der Waals surface area contributed by atoms with Gasteiger partial charge in [0, 0.05) is 19.1 Å². The van der Waals surface area contributed by atoms with Gasteiger partial charge in [-0.15, -0.1) is 0 Å². The third-order valence-corrected chi connectivity index (χ3v) is 4.70. The summed E-state index contributed by atoms with van der Waals surface area (Å²) in [6, 6.07) is 9.60. The van der Waals surface area contributed by atoms with Gasteiger partial charge in [-0.3, -0.25) is 9.69 Å². The number of hydrogen-bond donors (Lipinski definition) is 1. The van der Waals surface area contributed by atoms with Crippen molar-refractivity contribution in [2.75, 3.05) is 18.1 Å². The number of rotatable bonds is 3. The smallest absolute Gasteiger partial charge is 0.415 e. The summed E-state index contributed by atoms with van der Waals surface area (Å²) in [4.78, 5) is 25.1. The van der Waals surface area contributed by atoms with Gasteiger partial charge in [-0.25, -0.2) is 9.36 Å². The van der Waals surface area contributed by atoms with Gasteiger partial charge in [-0.05, 0) is 23.3 Å². The van der Waals surface area contributed by atoms with E-state index in [4.69, 9.17) is 9.47 Å². The van der Waals surface area contributed by atoms with Crippen LogP contribution in [0.5, 0.6) is 5.75 Å². The molecular formula is C19H20N3O4+. The summed E-state index contributed by atoms with van der Waals surface area (Å²) in [5.74, 6) is 0.502. The molecule has 3 heterocycles. The van der Waals surface area contributed by atoms with Crippen molar-refractivity contribution >= 4 is 17.7 Å². The van der Waals surface area contributed by atoms with Crippen LogP contribution in [0, 0.1) is 0 Å². The van der Waals surface area contributed by atoms with Gasteiger partial charge < -0.3 is 14.8 Å². The fourth-order valence-electron chi connectivity index (χ4n) is 3.32. The second-order valence-corrected chi connectivity index (χ2v) is 6.54. The topological polar surface area (TPSA) is 71.8 Å². The van der Waals surface area contributed by atoms with E-state index in [9.17, 15) is 9.59 Å². The lowest BCUT2D eigenvalue weighted by atomic mass is 10.0. The molecule has 26 heavy (non-hydrogen) atoms. The molecule has 1 aromatic carbocycles. The monoisotopic (exact) mass is 354 g/mol. The van der Waals surface area contributed by atoms with E-state index < -0.39 is 12.2 Å². The van der Waals surface area contributed by atoms with E-state index in [-0.39, 0.29) is 18.5 Å². The molecule has 2 aliphatic heterocycles. The number of carbonyl (C=O) groups excluding carboxylic acids is 2. The number of amides is 2. The van der Waals surface area contributed by atoms with Gasteiger partial charge in [0.2, 0.25) is 5.91 Å². The predicted octanol–water partition coefficient (Wildman–Crippen LogP) is 1.40. The lowest BCUT2D eigenvalue weighted by Gasteiger charge is -2.31. The van der Waals surface area contributed by atoms with Crippen LogP contribution in [0.2, 0.25) is 0 Å². The largest absolute Gasteiger partial charge is 0.489 e. The van der Waals surface area contributed by atoms with Gasteiger partial charge in [0.1, 0.15) is 31.5 Å². The van der Waals surface area contributed by atoms with Crippen molar-refractivity contribution in [1.29, 1.82) is 0 Å². The summed E-state index contributed by atoms with van der Waals surface area (Å²) >= 11 is 0. The number of nitrogens with one attached hydrogen (secondary N) is 1. The normalized spacial score (nSPS) is 20.7. The number of pyridine rings is 1. The minimum absolute atomic E-state index is 0.155. The number of carbonyl (C=O) groups is 2. The number of cyclic esters (lactones) is 1. The molecule has 4 rings (SSSR count). The average Bonchev–Trinajstić information content (AvgIpc) is 2.96. The Hall–Kier alpha value is -3.09. The fraction of sp³-hybridized carbons (Fsp3) is 0.316. The van der Waals surface area contributed by atoms with Crippen LogP contribution >= 0.6 is 0 Å². The molecule has 0 radical (unpaired) electrons. The summed E-state index contributed by atoms with van der Waals surface area (Å²) in [6.45, 7) is 2.04. The van der Waals surface area contributed by atoms with Crippen LogP contribution in [-0.4, -0.2) is 37.3 Å². The van der Waals surface area contributed by atoms with Gasteiger partial charge in [-0.2, -0.15) is 0 Å². The summed E-state index contributed by atoms with van der Waals surface area (Å²) in [6.07, 6.45) is 3.13. The SMILES string of the molecule is CC(=O)NCC1OC(=O)N2c3ccc(-c4cc[n+](C)cc4)cc3OCC12. The Labute approximate surface area is 151 Å². The van der Waals surface area contributed by atoms with Crippen molar-refractivity contribution in [2.24, 2.45) is 7.05 Å². The van der Waals surface area contributed by atoms with Crippen molar-refractivity contribution in [1.82, 2.24) is 5.32 Å². The molecule has 2 aromatic rings. The molecule has 134 valence electrons. The molecule has 2 atom stereocenters. The number of benzene rings is 1. The lowest BCUT2D eigenvalue weighted by Crippen LogP contribution is -2.47. The number of fused-ring (bicyclic) bond motifs is 3. The summed E-state index contributed by atoms with van der Waals surface area (Å²) in [5, 5.41) is 2.70. The van der Waals surface area contributed by atoms with Crippen molar-refractivity contribution in [3.8, 4) is 16.9 Å². The molecule has 0 saturated carbocycles. The highest BCUT2D eigenvalue weighted by atomic mass is 16.6. The first-order valence-electron chi connectivity index (χ1n) is 8.50. The van der Waals surface area contributed by atoms with Gasteiger partial charge >= 0.3 is 6.09 Å². The Morgan fingerprint density at radius 1 is 1.27 bits per heavy atom. The Morgan fingerprint density at radius 2 is 2.04 bits per heavy atom. The Bertz CT molecular complexity index is 866. The van der Waals surface area contributed by atoms with E-state index >= 15 is 0 Å². The fourth-order valence-corrected chi connectivity index (χ4v) is 3.32. The molecular weight excluding hydrogens is 334 g/mol. The standard InChI is InChI=1S/C19H19N3O4/c1-12(23)20-10-18-16-11-25-17-9-14(13-5-7-21(2)8-6-13)3-4-15(17)22(16)19(24)26-18/h3-9,16,18H,10-11H2,1-2H3/p+1. The molecule has 2 aliphatic rings. The third-order valence-electron chi connectivity index (χ3n) is 4.70. The Kier molecular flexibility index (Phi) is 3.99. The molecule has 2 amide bonds. The van der Waals surface area contributed by atoms with E-state index in [1.165, 1.54) is 6.92 Å². The molecule has 2 unspecified atom stereocenters. The zero-order valence-electron chi connectivity index (χ0n) is 14.6. The third kappa shape index (κ3) is 2.85. The Morgan fingerprint density at radius 3 is 2.77 bits per heavy atom. The number of aryl methyl sites for hydroxylation is 1. The van der Waals surface area contributed by atoms with E-state index in [2.05, 4.69) is 5.32 Å². The molecule has 0 spiro atoms. The number of hydrogen-bond acceptors (Lipinski definition) is 4. The molecule has 0 bridgehead atoms. The maximum atomic E-state index is 12.4. The van der Waals surface area contributed by atoms with Crippen molar-refractivity contribution in [2.45, 2.75) is 19.1 Å². The number of anilines is 1. The highest BCUT2D eigenvalue weighted by molar-refractivity contribution is 5.94. The predicted molar refractivity (Wildman–Crippen MR) is 93.8 cm³/mol. The first kappa shape index (κ1) is 16.4. The molecule has 1 saturated heterocycles. The Balaban J connectivity index is 1.61. The number of nitrogens with zero attached hydrogens (tertiary/aromatic N) is 2. The van der Waals surface area contributed by atoms with Crippen LogP contribution in [0.15, 0.2) is 42.7 Å². The zero-order valence-corrected chi connectivity index (χ0v) is 14.6. The molecule has 1 aromatic heterocycles. The highest BCUT2D eigenvalue weighted by Crippen LogP contribution is 2.40. The van der Waals surface area contributed by atoms with Crippen LogP contribution in [-0.2, 0) is 16.6 Å². The van der Waals surface area contributed by atoms with Gasteiger partial charge in [0.05, 0.1) is 12.2 Å². The molecule has 1 N–H and O–H groups in total. The van der Waals surface area contributed by atoms with Crippen LogP contribution in [0.4, 0.5) is 10.5 Å². The molecule has 7 heteroatoms.